The molecule has 1 unspecified atom stereocenters. The van der Waals surface area contributed by atoms with Crippen LogP contribution in [0.2, 0.25) is 5.02 Å². The Balaban J connectivity index is 1.33. The molecular formula is C24H30ClN3O2. The van der Waals surface area contributed by atoms with Gasteiger partial charge < -0.3 is 14.5 Å². The van der Waals surface area contributed by atoms with E-state index in [1.54, 1.807) is 7.11 Å². The Kier molecular flexibility index (Phi) is 6.80. The molecule has 1 amide bonds. The molecule has 5 nitrogen and oxygen atoms in total. The lowest BCUT2D eigenvalue weighted by molar-refractivity contribution is -0.137. The summed E-state index contributed by atoms with van der Waals surface area (Å²) >= 11 is 6.33. The Morgan fingerprint density at radius 1 is 1.03 bits per heavy atom. The molecule has 4 rings (SSSR count). The average molecular weight is 428 g/mol. The molecule has 0 saturated carbocycles. The van der Waals surface area contributed by atoms with Crippen LogP contribution in [-0.4, -0.2) is 62.1 Å². The molecule has 2 aliphatic heterocycles. The van der Waals surface area contributed by atoms with Crippen LogP contribution in [-0.2, 0) is 11.3 Å². The lowest BCUT2D eigenvalue weighted by Gasteiger charge is -2.40. The lowest BCUT2D eigenvalue weighted by Crippen LogP contribution is -2.52. The first-order valence-corrected chi connectivity index (χ1v) is 11.2. The summed E-state index contributed by atoms with van der Waals surface area (Å²) in [6, 6.07) is 16.1. The van der Waals surface area contributed by atoms with Crippen molar-refractivity contribution in [3.63, 3.8) is 0 Å². The number of anilines is 1. The number of nitrogens with zero attached hydrogens (tertiary/aromatic N) is 3. The SMILES string of the molecule is COc1ccccc1N1CCN(C(=O)C2CCCN(Cc3ccccc3Cl)C2)CC1. The highest BCUT2D eigenvalue weighted by Gasteiger charge is 2.31. The largest absolute Gasteiger partial charge is 0.495 e. The summed E-state index contributed by atoms with van der Waals surface area (Å²) < 4.78 is 5.50. The highest BCUT2D eigenvalue weighted by atomic mass is 35.5. The molecule has 0 aliphatic carbocycles. The number of para-hydroxylation sites is 2. The van der Waals surface area contributed by atoms with Crippen LogP contribution in [0.4, 0.5) is 5.69 Å². The molecule has 2 saturated heterocycles. The van der Waals surface area contributed by atoms with E-state index in [-0.39, 0.29) is 5.92 Å². The molecule has 2 fully saturated rings. The highest BCUT2D eigenvalue weighted by Crippen LogP contribution is 2.29. The molecule has 0 N–H and O–H groups in total. The Bertz CT molecular complexity index is 867. The predicted octanol–water partition coefficient (Wildman–Crippen LogP) is 3.91. The third kappa shape index (κ3) is 4.73. The number of piperazine rings is 1. The number of rotatable bonds is 5. The van der Waals surface area contributed by atoms with Crippen LogP contribution in [0, 0.1) is 5.92 Å². The minimum Gasteiger partial charge on any atom is -0.495 e. The second-order valence-electron chi connectivity index (χ2n) is 8.15. The van der Waals surface area contributed by atoms with E-state index < -0.39 is 0 Å². The van der Waals surface area contributed by atoms with Crippen LogP contribution >= 0.6 is 11.6 Å². The van der Waals surface area contributed by atoms with Crippen LogP contribution in [0.3, 0.4) is 0 Å². The van der Waals surface area contributed by atoms with Gasteiger partial charge in [-0.15, -0.1) is 0 Å². The van der Waals surface area contributed by atoms with Crippen molar-refractivity contribution in [3.05, 3.63) is 59.1 Å². The summed E-state index contributed by atoms with van der Waals surface area (Å²) in [6.45, 7) is 5.85. The van der Waals surface area contributed by atoms with E-state index >= 15 is 0 Å². The van der Waals surface area contributed by atoms with Crippen molar-refractivity contribution in [2.45, 2.75) is 19.4 Å². The molecule has 0 radical (unpaired) electrons. The number of halogens is 1. The van der Waals surface area contributed by atoms with Crippen LogP contribution in [0.1, 0.15) is 18.4 Å². The van der Waals surface area contributed by atoms with E-state index in [1.807, 2.05) is 36.4 Å². The molecule has 0 bridgehead atoms. The monoisotopic (exact) mass is 427 g/mol. The molecule has 2 aliphatic rings. The summed E-state index contributed by atoms with van der Waals surface area (Å²) in [6.07, 6.45) is 2.03. The second kappa shape index (κ2) is 9.71. The number of carbonyl (C=O) groups is 1. The normalized spacial score (nSPS) is 20.3. The zero-order valence-electron chi connectivity index (χ0n) is 17.6. The van der Waals surface area contributed by atoms with E-state index in [1.165, 1.54) is 0 Å². The lowest BCUT2D eigenvalue weighted by atomic mass is 9.95. The van der Waals surface area contributed by atoms with Gasteiger partial charge >= 0.3 is 0 Å². The number of hydrogen-bond acceptors (Lipinski definition) is 4. The third-order valence-electron chi connectivity index (χ3n) is 6.22. The zero-order chi connectivity index (χ0) is 20.9. The number of ether oxygens (including phenoxy) is 1. The summed E-state index contributed by atoms with van der Waals surface area (Å²) in [4.78, 5) is 20.0. The number of benzene rings is 2. The van der Waals surface area contributed by atoms with Gasteiger partial charge in [0.15, 0.2) is 0 Å². The van der Waals surface area contributed by atoms with Gasteiger partial charge in [-0.1, -0.05) is 41.9 Å². The fourth-order valence-electron chi connectivity index (χ4n) is 4.59. The average Bonchev–Trinajstić information content (AvgIpc) is 2.80. The fourth-order valence-corrected chi connectivity index (χ4v) is 4.78. The van der Waals surface area contributed by atoms with Gasteiger partial charge in [0.05, 0.1) is 18.7 Å². The topological polar surface area (TPSA) is 36.0 Å². The number of likely N-dealkylation sites (tertiary alicyclic amines) is 1. The number of piperidine rings is 1. The summed E-state index contributed by atoms with van der Waals surface area (Å²) in [5.41, 5.74) is 2.24. The van der Waals surface area contributed by atoms with Gasteiger partial charge in [-0.3, -0.25) is 9.69 Å². The quantitative estimate of drug-likeness (QED) is 0.724. The minimum absolute atomic E-state index is 0.0825. The molecule has 2 aromatic carbocycles. The van der Waals surface area contributed by atoms with Crippen LogP contribution in [0.15, 0.2) is 48.5 Å². The van der Waals surface area contributed by atoms with E-state index in [0.717, 1.165) is 80.7 Å². The van der Waals surface area contributed by atoms with Gasteiger partial charge in [-0.2, -0.15) is 0 Å². The van der Waals surface area contributed by atoms with Gasteiger partial charge in [0, 0.05) is 44.3 Å². The Morgan fingerprint density at radius 2 is 1.77 bits per heavy atom. The Morgan fingerprint density at radius 3 is 2.53 bits per heavy atom. The zero-order valence-corrected chi connectivity index (χ0v) is 18.4. The number of amides is 1. The molecule has 30 heavy (non-hydrogen) atoms. The van der Waals surface area contributed by atoms with E-state index in [0.29, 0.717) is 5.91 Å². The maximum absolute atomic E-state index is 13.2. The third-order valence-corrected chi connectivity index (χ3v) is 6.59. The van der Waals surface area contributed by atoms with Crippen molar-refractivity contribution < 1.29 is 9.53 Å². The standard InChI is InChI=1S/C24H30ClN3O2/c1-30-23-11-5-4-10-22(23)27-13-15-28(16-14-27)24(29)20-8-6-12-26(18-20)17-19-7-2-3-9-21(19)25/h2-5,7,9-11,20H,6,8,12-18H2,1H3. The van der Waals surface area contributed by atoms with Crippen molar-refractivity contribution in [1.82, 2.24) is 9.80 Å². The van der Waals surface area contributed by atoms with E-state index in [4.69, 9.17) is 16.3 Å². The van der Waals surface area contributed by atoms with Crippen LogP contribution in [0.25, 0.3) is 0 Å². The molecule has 2 heterocycles. The molecule has 0 spiro atoms. The first-order chi connectivity index (χ1) is 14.7. The summed E-state index contributed by atoms with van der Waals surface area (Å²) in [5.74, 6) is 1.28. The van der Waals surface area contributed by atoms with Crippen molar-refractivity contribution in [1.29, 1.82) is 0 Å². The molecule has 1 atom stereocenters. The van der Waals surface area contributed by atoms with Crippen molar-refractivity contribution in [3.8, 4) is 5.75 Å². The van der Waals surface area contributed by atoms with Gasteiger partial charge in [-0.25, -0.2) is 0 Å². The second-order valence-corrected chi connectivity index (χ2v) is 8.56. The van der Waals surface area contributed by atoms with Crippen LogP contribution in [0.5, 0.6) is 5.75 Å². The number of hydrogen-bond donors (Lipinski definition) is 0. The number of carbonyl (C=O) groups excluding carboxylic acids is 1. The van der Waals surface area contributed by atoms with Gasteiger partial charge in [0.1, 0.15) is 5.75 Å². The smallest absolute Gasteiger partial charge is 0.227 e. The van der Waals surface area contributed by atoms with E-state index in [9.17, 15) is 4.79 Å². The van der Waals surface area contributed by atoms with Gasteiger partial charge in [0.2, 0.25) is 5.91 Å². The predicted molar refractivity (Wildman–Crippen MR) is 121 cm³/mol. The summed E-state index contributed by atoms with van der Waals surface area (Å²) in [7, 11) is 1.70. The molecule has 0 aromatic heterocycles. The maximum Gasteiger partial charge on any atom is 0.227 e. The maximum atomic E-state index is 13.2. The highest BCUT2D eigenvalue weighted by molar-refractivity contribution is 6.31. The molecule has 2 aromatic rings. The first-order valence-electron chi connectivity index (χ1n) is 10.8. The summed E-state index contributed by atoms with van der Waals surface area (Å²) in [5, 5.41) is 0.804. The molecular weight excluding hydrogens is 398 g/mol. The van der Waals surface area contributed by atoms with Gasteiger partial charge in [-0.05, 0) is 43.1 Å². The molecule has 6 heteroatoms. The fraction of sp³-hybridized carbons (Fsp3) is 0.458. The molecule has 160 valence electrons. The van der Waals surface area contributed by atoms with Crippen molar-refractivity contribution in [2.75, 3.05) is 51.3 Å². The van der Waals surface area contributed by atoms with E-state index in [2.05, 4.69) is 26.8 Å². The Labute approximate surface area is 184 Å². The Hall–Kier alpha value is -2.24. The minimum atomic E-state index is 0.0825. The van der Waals surface area contributed by atoms with Gasteiger partial charge in [0.25, 0.3) is 0 Å². The first kappa shape index (κ1) is 21.0. The number of methoxy groups -OCH3 is 1. The van der Waals surface area contributed by atoms with Crippen molar-refractivity contribution >= 4 is 23.2 Å². The van der Waals surface area contributed by atoms with Crippen LogP contribution < -0.4 is 9.64 Å². The van der Waals surface area contributed by atoms with Crippen molar-refractivity contribution in [2.24, 2.45) is 5.92 Å².